The fraction of sp³-hybridized carbons (Fsp3) is 0. The molecule has 0 aliphatic heterocycles. The molecule has 22 heavy (non-hydrogen) atoms. The van der Waals surface area contributed by atoms with Crippen molar-refractivity contribution in [2.45, 2.75) is 0 Å². The molecule has 0 spiro atoms. The topological polar surface area (TPSA) is 84.3 Å². The molecule has 0 aliphatic rings. The minimum atomic E-state index is -0.518. The zero-order chi connectivity index (χ0) is 15.9. The van der Waals surface area contributed by atoms with Gasteiger partial charge in [0.2, 0.25) is 0 Å². The summed E-state index contributed by atoms with van der Waals surface area (Å²) in [5.41, 5.74) is 1.18. The molecule has 6 nitrogen and oxygen atoms in total. The van der Waals surface area contributed by atoms with Crippen molar-refractivity contribution in [2.24, 2.45) is 0 Å². The number of halogens is 1. The highest BCUT2D eigenvalue weighted by Crippen LogP contribution is 2.17. The number of carbonyl (C=O) groups excluding carboxylic acids is 1. The Morgan fingerprint density at radius 1 is 1.18 bits per heavy atom. The van der Waals surface area contributed by atoms with Gasteiger partial charge in [-0.1, -0.05) is 40.2 Å². The maximum atomic E-state index is 11.7. The molecule has 0 atom stereocenters. The van der Waals surface area contributed by atoms with E-state index in [9.17, 15) is 14.9 Å². The maximum absolute atomic E-state index is 11.7. The van der Waals surface area contributed by atoms with Crippen molar-refractivity contribution < 1.29 is 9.72 Å². The first kappa shape index (κ1) is 15.7. The van der Waals surface area contributed by atoms with E-state index < -0.39 is 11.0 Å². The van der Waals surface area contributed by atoms with E-state index in [0.717, 1.165) is 10.0 Å². The van der Waals surface area contributed by atoms with Crippen LogP contribution in [-0.4, -0.2) is 11.0 Å². The average Bonchev–Trinajstić information content (AvgIpc) is 2.49. The van der Waals surface area contributed by atoms with E-state index in [4.69, 9.17) is 0 Å². The molecule has 0 fully saturated rings. The van der Waals surface area contributed by atoms with Gasteiger partial charge in [-0.25, -0.2) is 4.79 Å². The van der Waals surface area contributed by atoms with Gasteiger partial charge in [0.1, 0.15) is 0 Å². The summed E-state index contributed by atoms with van der Waals surface area (Å²) >= 11 is 3.40. The van der Waals surface area contributed by atoms with Gasteiger partial charge >= 0.3 is 6.03 Å². The second-order valence-electron chi connectivity index (χ2n) is 4.26. The van der Waals surface area contributed by atoms with Crippen molar-refractivity contribution >= 4 is 39.4 Å². The van der Waals surface area contributed by atoms with E-state index in [0.29, 0.717) is 5.69 Å². The standard InChI is InChI=1S/C15H12BrN3O3/c16-14-7-2-1-4-11(14)8-9-17-15(20)18-12-5-3-6-13(10-12)19(21)22/h1-10H,(H2,17,18,20)/b9-8+. The van der Waals surface area contributed by atoms with E-state index in [2.05, 4.69) is 26.6 Å². The quantitative estimate of drug-likeness (QED) is 0.633. The van der Waals surface area contributed by atoms with Crippen LogP contribution in [0.3, 0.4) is 0 Å². The van der Waals surface area contributed by atoms with Gasteiger partial charge < -0.3 is 10.6 Å². The number of benzene rings is 2. The van der Waals surface area contributed by atoms with Gasteiger partial charge in [-0.15, -0.1) is 0 Å². The van der Waals surface area contributed by atoms with Crippen LogP contribution in [0.4, 0.5) is 16.2 Å². The molecule has 0 aromatic heterocycles. The number of non-ortho nitro benzene ring substituents is 1. The lowest BCUT2D eigenvalue weighted by Crippen LogP contribution is -2.23. The van der Waals surface area contributed by atoms with Crippen LogP contribution in [0.15, 0.2) is 59.2 Å². The number of amides is 2. The molecular formula is C15H12BrN3O3. The van der Waals surface area contributed by atoms with Crippen LogP contribution in [0, 0.1) is 10.1 Å². The van der Waals surface area contributed by atoms with Gasteiger partial charge in [0, 0.05) is 28.5 Å². The molecule has 0 aliphatic carbocycles. The van der Waals surface area contributed by atoms with Gasteiger partial charge in [0.25, 0.3) is 5.69 Å². The number of nitrogens with one attached hydrogen (secondary N) is 2. The highest BCUT2D eigenvalue weighted by Gasteiger charge is 2.07. The van der Waals surface area contributed by atoms with Crippen molar-refractivity contribution in [3.8, 4) is 0 Å². The molecule has 2 rings (SSSR count). The van der Waals surface area contributed by atoms with Crippen molar-refractivity contribution in [3.05, 3.63) is 74.9 Å². The molecule has 0 saturated carbocycles. The van der Waals surface area contributed by atoms with Crippen molar-refractivity contribution in [2.75, 3.05) is 5.32 Å². The molecule has 2 aromatic carbocycles. The number of hydrogen-bond acceptors (Lipinski definition) is 3. The first-order valence-electron chi connectivity index (χ1n) is 6.29. The number of nitrogens with zero attached hydrogens (tertiary/aromatic N) is 1. The van der Waals surface area contributed by atoms with E-state index in [1.54, 1.807) is 12.1 Å². The Balaban J connectivity index is 1.95. The Morgan fingerprint density at radius 2 is 1.95 bits per heavy atom. The smallest absolute Gasteiger partial charge is 0.314 e. The van der Waals surface area contributed by atoms with Crippen LogP contribution < -0.4 is 10.6 Å². The highest BCUT2D eigenvalue weighted by atomic mass is 79.9. The lowest BCUT2D eigenvalue weighted by atomic mass is 10.2. The Kier molecular flexibility index (Phi) is 5.26. The summed E-state index contributed by atoms with van der Waals surface area (Å²) < 4.78 is 0.909. The fourth-order valence-corrected chi connectivity index (χ4v) is 2.10. The number of nitro groups is 1. The largest absolute Gasteiger partial charge is 0.323 e. The number of carbonyl (C=O) groups is 1. The minimum Gasteiger partial charge on any atom is -0.314 e. The highest BCUT2D eigenvalue weighted by molar-refractivity contribution is 9.10. The normalized spacial score (nSPS) is 10.4. The predicted octanol–water partition coefficient (Wildman–Crippen LogP) is 4.15. The van der Waals surface area contributed by atoms with Gasteiger partial charge in [-0.2, -0.15) is 0 Å². The third-order valence-corrected chi connectivity index (χ3v) is 3.42. The molecule has 112 valence electrons. The number of rotatable bonds is 4. The third kappa shape index (κ3) is 4.42. The molecule has 0 radical (unpaired) electrons. The molecule has 0 unspecified atom stereocenters. The molecule has 2 aromatic rings. The Bertz CT molecular complexity index is 731. The average molecular weight is 362 g/mol. The summed E-state index contributed by atoms with van der Waals surface area (Å²) in [6.07, 6.45) is 3.23. The number of nitro benzene ring substituents is 1. The lowest BCUT2D eigenvalue weighted by Gasteiger charge is -2.04. The zero-order valence-electron chi connectivity index (χ0n) is 11.3. The molecule has 0 bridgehead atoms. The maximum Gasteiger partial charge on any atom is 0.323 e. The summed E-state index contributed by atoms with van der Waals surface area (Å²) in [4.78, 5) is 21.9. The third-order valence-electron chi connectivity index (χ3n) is 2.70. The zero-order valence-corrected chi connectivity index (χ0v) is 12.9. The Hall–Kier alpha value is -2.67. The molecular weight excluding hydrogens is 350 g/mol. The van der Waals surface area contributed by atoms with E-state index in [-0.39, 0.29) is 5.69 Å². The number of anilines is 1. The van der Waals surface area contributed by atoms with Crippen LogP contribution in [0.5, 0.6) is 0 Å². The van der Waals surface area contributed by atoms with Gasteiger partial charge in [0.15, 0.2) is 0 Å². The first-order valence-corrected chi connectivity index (χ1v) is 7.08. The van der Waals surface area contributed by atoms with Crippen LogP contribution in [-0.2, 0) is 0 Å². The van der Waals surface area contributed by atoms with Crippen molar-refractivity contribution in [3.63, 3.8) is 0 Å². The summed E-state index contributed by atoms with van der Waals surface area (Å²) in [5, 5.41) is 15.7. The Morgan fingerprint density at radius 3 is 2.68 bits per heavy atom. The minimum absolute atomic E-state index is 0.0819. The van der Waals surface area contributed by atoms with E-state index in [1.807, 2.05) is 24.3 Å². The monoisotopic (exact) mass is 361 g/mol. The number of urea groups is 1. The van der Waals surface area contributed by atoms with Gasteiger partial charge in [-0.05, 0) is 23.8 Å². The lowest BCUT2D eigenvalue weighted by molar-refractivity contribution is -0.384. The van der Waals surface area contributed by atoms with Gasteiger partial charge in [0.05, 0.1) is 4.92 Å². The summed E-state index contributed by atoms with van der Waals surface area (Å²) in [5.74, 6) is 0. The SMILES string of the molecule is O=C(N/C=C/c1ccccc1Br)Nc1cccc([N+](=O)[O-])c1. The van der Waals surface area contributed by atoms with E-state index >= 15 is 0 Å². The van der Waals surface area contributed by atoms with Crippen LogP contribution >= 0.6 is 15.9 Å². The van der Waals surface area contributed by atoms with Crippen LogP contribution in [0.1, 0.15) is 5.56 Å². The fourth-order valence-electron chi connectivity index (χ4n) is 1.68. The van der Waals surface area contributed by atoms with Crippen molar-refractivity contribution in [1.82, 2.24) is 5.32 Å². The van der Waals surface area contributed by atoms with Crippen LogP contribution in [0.2, 0.25) is 0 Å². The predicted molar refractivity (Wildman–Crippen MR) is 88.4 cm³/mol. The number of hydrogen-bond donors (Lipinski definition) is 2. The summed E-state index contributed by atoms with van der Waals surface area (Å²) in [6, 6.07) is 12.8. The molecule has 0 saturated heterocycles. The molecule has 0 heterocycles. The van der Waals surface area contributed by atoms with Crippen LogP contribution in [0.25, 0.3) is 6.08 Å². The van der Waals surface area contributed by atoms with Gasteiger partial charge in [-0.3, -0.25) is 10.1 Å². The first-order chi connectivity index (χ1) is 10.6. The molecule has 7 heteroatoms. The summed E-state index contributed by atoms with van der Waals surface area (Å²) in [6.45, 7) is 0. The molecule has 2 amide bonds. The van der Waals surface area contributed by atoms with Crippen molar-refractivity contribution in [1.29, 1.82) is 0 Å². The Labute approximate surface area is 135 Å². The molecule has 2 N–H and O–H groups in total. The summed E-state index contributed by atoms with van der Waals surface area (Å²) in [7, 11) is 0. The second-order valence-corrected chi connectivity index (χ2v) is 5.12. The van der Waals surface area contributed by atoms with E-state index in [1.165, 1.54) is 24.4 Å². The second kappa shape index (κ2) is 7.37.